The number of carbonyl (C=O) groups is 1. The number of nitrogens with two attached hydrogens (primary N) is 2. The normalized spacial score (nSPS) is 12.1. The summed E-state index contributed by atoms with van der Waals surface area (Å²) in [5.41, 5.74) is 10.2. The van der Waals surface area contributed by atoms with Gasteiger partial charge in [-0.1, -0.05) is 0 Å². The first-order chi connectivity index (χ1) is 6.07. The van der Waals surface area contributed by atoms with Gasteiger partial charge in [0.2, 0.25) is 0 Å². The van der Waals surface area contributed by atoms with Crippen molar-refractivity contribution in [3.8, 4) is 0 Å². The number of hydrogen-bond acceptors (Lipinski definition) is 4. The van der Waals surface area contributed by atoms with E-state index < -0.39 is 11.2 Å². The summed E-state index contributed by atoms with van der Waals surface area (Å²) in [5, 5.41) is 8.14. The molecule has 0 fully saturated rings. The average Bonchev–Trinajstić information content (AvgIpc) is 2.03. The van der Waals surface area contributed by atoms with Crippen molar-refractivity contribution in [3.05, 3.63) is 0 Å². The number of hydrogen-bond donors (Lipinski definition) is 4. The first-order valence-electron chi connectivity index (χ1n) is 3.58. The van der Waals surface area contributed by atoms with Crippen LogP contribution in [0.5, 0.6) is 0 Å². The highest BCUT2D eigenvalue weighted by atomic mass is 32.2. The van der Waals surface area contributed by atoms with E-state index in [0.717, 1.165) is 0 Å². The predicted octanol–water partition coefficient (Wildman–Crippen LogP) is -0.624. The highest BCUT2D eigenvalue weighted by Crippen LogP contribution is 2.12. The van der Waals surface area contributed by atoms with Gasteiger partial charge in [-0.05, 0) is 0 Å². The second-order valence-corrected chi connectivity index (χ2v) is 3.86. The lowest BCUT2D eigenvalue weighted by atomic mass is 10.5. The molecule has 0 amide bonds. The third-order valence-electron chi connectivity index (χ3n) is 1.15. The first kappa shape index (κ1) is 12.4. The van der Waals surface area contributed by atoms with Crippen LogP contribution in [0.1, 0.15) is 0 Å². The molecule has 0 aliphatic rings. The van der Waals surface area contributed by atoms with E-state index in [9.17, 15) is 4.79 Å². The Morgan fingerprint density at radius 3 is 2.62 bits per heavy atom. The van der Waals surface area contributed by atoms with Crippen LogP contribution < -0.4 is 11.5 Å². The minimum absolute atomic E-state index is 0.0262. The van der Waals surface area contributed by atoms with Crippen LogP contribution in [0.15, 0.2) is 4.99 Å². The van der Waals surface area contributed by atoms with Gasteiger partial charge in [-0.15, -0.1) is 11.8 Å². The number of nitrogens with zero attached hydrogens (tertiary/aromatic N) is 1. The fraction of sp³-hybridized carbons (Fsp3) is 0.667. The molecular weight excluding hydrogens is 210 g/mol. The van der Waals surface area contributed by atoms with Crippen LogP contribution in [0.3, 0.4) is 0 Å². The fourth-order valence-electron chi connectivity index (χ4n) is 0.572. The van der Waals surface area contributed by atoms with Crippen molar-refractivity contribution in [2.24, 2.45) is 16.5 Å². The zero-order chi connectivity index (χ0) is 10.3. The SMILES string of the molecule is NC(N)=NCCS[C@H](CS)C(=O)O. The lowest BCUT2D eigenvalue weighted by Gasteiger charge is -2.06. The molecule has 0 bridgehead atoms. The number of aliphatic imine (C=N–C) groups is 1. The molecule has 0 aliphatic heterocycles. The molecule has 0 aromatic heterocycles. The van der Waals surface area contributed by atoms with E-state index in [0.29, 0.717) is 18.1 Å². The maximum Gasteiger partial charge on any atom is 0.317 e. The minimum atomic E-state index is -0.857. The van der Waals surface area contributed by atoms with Gasteiger partial charge >= 0.3 is 5.97 Å². The van der Waals surface area contributed by atoms with Crippen LogP contribution in [0.25, 0.3) is 0 Å². The summed E-state index contributed by atoms with van der Waals surface area (Å²) in [5.74, 6) is 0.0556. The van der Waals surface area contributed by atoms with E-state index in [1.54, 1.807) is 0 Å². The topological polar surface area (TPSA) is 102 Å². The van der Waals surface area contributed by atoms with E-state index in [2.05, 4.69) is 17.6 Å². The smallest absolute Gasteiger partial charge is 0.317 e. The Hall–Kier alpha value is -0.560. The average molecular weight is 223 g/mol. The quantitative estimate of drug-likeness (QED) is 0.208. The van der Waals surface area contributed by atoms with Crippen LogP contribution in [-0.4, -0.2) is 40.3 Å². The Morgan fingerprint density at radius 1 is 1.62 bits per heavy atom. The number of carboxylic acids is 1. The fourth-order valence-corrected chi connectivity index (χ4v) is 1.77. The van der Waals surface area contributed by atoms with Crippen LogP contribution >= 0.6 is 24.4 Å². The first-order valence-corrected chi connectivity index (χ1v) is 5.26. The van der Waals surface area contributed by atoms with E-state index in [4.69, 9.17) is 16.6 Å². The lowest BCUT2D eigenvalue weighted by molar-refractivity contribution is -0.135. The second-order valence-electron chi connectivity index (χ2n) is 2.19. The zero-order valence-corrected chi connectivity index (χ0v) is 8.72. The number of rotatable bonds is 6. The third kappa shape index (κ3) is 6.59. The van der Waals surface area contributed by atoms with Crippen molar-refractivity contribution in [2.75, 3.05) is 18.1 Å². The van der Waals surface area contributed by atoms with Crippen LogP contribution in [0.4, 0.5) is 0 Å². The molecule has 0 saturated carbocycles. The van der Waals surface area contributed by atoms with Gasteiger partial charge in [0.05, 0.1) is 6.54 Å². The van der Waals surface area contributed by atoms with Crippen molar-refractivity contribution in [2.45, 2.75) is 5.25 Å². The van der Waals surface area contributed by atoms with Gasteiger partial charge in [0, 0.05) is 11.5 Å². The Kier molecular flexibility index (Phi) is 6.61. The molecule has 0 aliphatic carbocycles. The van der Waals surface area contributed by atoms with Gasteiger partial charge in [0.15, 0.2) is 5.96 Å². The van der Waals surface area contributed by atoms with Gasteiger partial charge in [-0.25, -0.2) is 0 Å². The third-order valence-corrected chi connectivity index (χ3v) is 2.95. The van der Waals surface area contributed by atoms with Crippen molar-refractivity contribution in [1.29, 1.82) is 0 Å². The van der Waals surface area contributed by atoms with E-state index in [1.807, 2.05) is 0 Å². The van der Waals surface area contributed by atoms with Crippen molar-refractivity contribution >= 4 is 36.3 Å². The lowest BCUT2D eigenvalue weighted by Crippen LogP contribution is -2.23. The monoisotopic (exact) mass is 223 g/mol. The summed E-state index contributed by atoms with van der Waals surface area (Å²) in [6.45, 7) is 0.435. The maximum absolute atomic E-state index is 10.5. The molecule has 0 saturated heterocycles. The Morgan fingerprint density at radius 2 is 2.23 bits per heavy atom. The largest absolute Gasteiger partial charge is 0.480 e. The molecule has 0 spiro atoms. The van der Waals surface area contributed by atoms with Gasteiger partial charge in [0.25, 0.3) is 0 Å². The van der Waals surface area contributed by atoms with Crippen LogP contribution in [0.2, 0.25) is 0 Å². The van der Waals surface area contributed by atoms with E-state index in [1.165, 1.54) is 11.8 Å². The molecule has 1 atom stereocenters. The molecule has 13 heavy (non-hydrogen) atoms. The summed E-state index contributed by atoms with van der Waals surface area (Å²) in [6.07, 6.45) is 0. The van der Waals surface area contributed by atoms with Gasteiger partial charge in [-0.2, -0.15) is 12.6 Å². The second kappa shape index (κ2) is 6.90. The van der Waals surface area contributed by atoms with Crippen molar-refractivity contribution < 1.29 is 9.90 Å². The molecule has 5 N–H and O–H groups in total. The Bertz CT molecular complexity index is 194. The van der Waals surface area contributed by atoms with Crippen LogP contribution in [0, 0.1) is 0 Å². The molecule has 0 aromatic carbocycles. The van der Waals surface area contributed by atoms with Crippen molar-refractivity contribution in [3.63, 3.8) is 0 Å². The Labute approximate surface area is 86.4 Å². The number of guanidine groups is 1. The highest BCUT2D eigenvalue weighted by molar-refractivity contribution is 8.01. The molecule has 5 nitrogen and oxygen atoms in total. The summed E-state index contributed by atoms with van der Waals surface area (Å²) in [4.78, 5) is 14.2. The van der Waals surface area contributed by atoms with E-state index in [-0.39, 0.29) is 5.96 Å². The maximum atomic E-state index is 10.5. The Balaban J connectivity index is 3.62. The summed E-state index contributed by atoms with van der Waals surface area (Å²) in [6, 6.07) is 0. The summed E-state index contributed by atoms with van der Waals surface area (Å²) >= 11 is 5.19. The standard InChI is InChI=1S/C6H13N3O2S2/c7-6(8)9-1-2-13-4(3-12)5(10)11/h4,12H,1-3H2,(H,10,11)(H4,7,8,9)/t4-/m1/s1. The highest BCUT2D eigenvalue weighted by Gasteiger charge is 2.14. The molecule has 76 valence electrons. The van der Waals surface area contributed by atoms with Gasteiger partial charge in [0.1, 0.15) is 5.25 Å². The zero-order valence-electron chi connectivity index (χ0n) is 7.01. The number of thiol groups is 1. The van der Waals surface area contributed by atoms with Gasteiger partial charge < -0.3 is 16.6 Å². The van der Waals surface area contributed by atoms with Crippen molar-refractivity contribution in [1.82, 2.24) is 0 Å². The molecule has 0 heterocycles. The predicted molar refractivity (Wildman–Crippen MR) is 58.4 cm³/mol. The summed E-state index contributed by atoms with van der Waals surface area (Å²) < 4.78 is 0. The number of thioether (sulfide) groups is 1. The molecule has 0 unspecified atom stereocenters. The molecule has 0 rings (SSSR count). The van der Waals surface area contributed by atoms with Crippen LogP contribution in [-0.2, 0) is 4.79 Å². The molecular formula is C6H13N3O2S2. The van der Waals surface area contributed by atoms with Gasteiger partial charge in [-0.3, -0.25) is 9.79 Å². The molecule has 7 heteroatoms. The molecule has 0 aromatic rings. The summed E-state index contributed by atoms with van der Waals surface area (Å²) in [7, 11) is 0. The minimum Gasteiger partial charge on any atom is -0.480 e. The molecule has 0 radical (unpaired) electrons. The van der Waals surface area contributed by atoms with E-state index >= 15 is 0 Å². The number of aliphatic carboxylic acids is 1. The number of carboxylic acid groups (broad SMARTS) is 1.